The molecule has 0 spiro atoms. The number of carbonyl (C=O) groups excluding carboxylic acids is 3. The molecule has 0 aliphatic carbocycles. The van der Waals surface area contributed by atoms with Crippen LogP contribution in [0.15, 0.2) is 31.4 Å². The predicted octanol–water partition coefficient (Wildman–Crippen LogP) is 5.20. The smallest absolute Gasteiger partial charge is 0.411 e. The standard InChI is InChI=1S/C38H41Cl3N4O12S/c1-6-8-52-33-24-19(10-17(3)31(33)51-5)11-21-22(12-42)44-23(13-54-35(48)20(14-58)43-36(49)55-15-38(39,40)41)25-26(29(46)18(4)32-34(25)57-16-56-32)30(47)28(44)27(24)45(21)37(50)53-9-7-2/h6-7,10,20-23,27-28,30,46-47,58H,1-2,8-9,11,13-16H2,3-5H3,(H,43,49)/t20-,21?,22+,23+,27+,28-,30+/m1/s1. The van der Waals surface area contributed by atoms with E-state index in [0.717, 1.165) is 11.1 Å². The predicted molar refractivity (Wildman–Crippen MR) is 212 cm³/mol. The van der Waals surface area contributed by atoms with E-state index in [1.54, 1.807) is 17.9 Å². The average Bonchev–Trinajstić information content (AvgIpc) is 3.68. The van der Waals surface area contributed by atoms with E-state index in [1.165, 1.54) is 18.1 Å². The van der Waals surface area contributed by atoms with Gasteiger partial charge < -0.3 is 48.7 Å². The molecule has 3 N–H and O–H groups in total. The fourth-order valence-corrected chi connectivity index (χ4v) is 8.66. The number of aliphatic hydroxyl groups excluding tert-OH is 1. The Hall–Kier alpha value is -4.44. The molecule has 16 nitrogen and oxygen atoms in total. The summed E-state index contributed by atoms with van der Waals surface area (Å²) in [6.45, 7) is 9.39. The molecule has 7 atom stereocenters. The first kappa shape index (κ1) is 43.1. The Balaban J connectivity index is 1.53. The third kappa shape index (κ3) is 7.73. The number of esters is 1. The number of aryl methyl sites for hydroxylation is 1. The highest BCUT2D eigenvalue weighted by atomic mass is 35.6. The van der Waals surface area contributed by atoms with Gasteiger partial charge >= 0.3 is 18.2 Å². The molecule has 0 aromatic heterocycles. The van der Waals surface area contributed by atoms with Crippen molar-refractivity contribution >= 4 is 65.6 Å². The van der Waals surface area contributed by atoms with Gasteiger partial charge in [-0.15, -0.1) is 0 Å². The normalized spacial score (nSPS) is 23.2. The number of aromatic hydroxyl groups is 1. The number of aliphatic hydroxyl groups is 1. The van der Waals surface area contributed by atoms with E-state index in [-0.39, 0.29) is 71.9 Å². The van der Waals surface area contributed by atoms with Crippen molar-refractivity contribution < 1.29 is 57.8 Å². The largest absolute Gasteiger partial charge is 0.507 e. The molecule has 58 heavy (non-hydrogen) atoms. The quantitative estimate of drug-likeness (QED) is 0.0713. The second-order valence-electron chi connectivity index (χ2n) is 13.8. The van der Waals surface area contributed by atoms with E-state index in [0.29, 0.717) is 11.3 Å². The number of fused-ring (bicyclic) bond motifs is 9. The summed E-state index contributed by atoms with van der Waals surface area (Å²) in [6.07, 6.45) is -0.449. The maximum absolute atomic E-state index is 14.2. The number of nitrogens with one attached hydrogen (secondary N) is 1. The number of ether oxygens (including phenoxy) is 7. The lowest BCUT2D eigenvalue weighted by atomic mass is 9.70. The van der Waals surface area contributed by atoms with Gasteiger partial charge in [-0.2, -0.15) is 17.9 Å². The Morgan fingerprint density at radius 2 is 1.81 bits per heavy atom. The number of phenolic OH excluding ortho intramolecular Hbond substituents is 1. The van der Waals surface area contributed by atoms with Crippen molar-refractivity contribution in [1.29, 1.82) is 5.26 Å². The van der Waals surface area contributed by atoms with Gasteiger partial charge in [-0.25, -0.2) is 14.4 Å². The van der Waals surface area contributed by atoms with Crippen LogP contribution in [0.3, 0.4) is 0 Å². The molecule has 1 unspecified atom stereocenters. The van der Waals surface area contributed by atoms with Crippen LogP contribution in [0.25, 0.3) is 0 Å². The molecular weight excluding hydrogens is 843 g/mol. The summed E-state index contributed by atoms with van der Waals surface area (Å²) >= 11 is 21.3. The van der Waals surface area contributed by atoms with Crippen LogP contribution in [-0.2, 0) is 25.4 Å². The third-order valence-corrected chi connectivity index (χ3v) is 11.1. The number of benzene rings is 2. The minimum absolute atomic E-state index is 0.00230. The Morgan fingerprint density at radius 1 is 1.10 bits per heavy atom. The third-order valence-electron chi connectivity index (χ3n) is 10.4. The van der Waals surface area contributed by atoms with Crippen molar-refractivity contribution in [2.24, 2.45) is 0 Å². The fraction of sp³-hybridized carbons (Fsp3) is 0.474. The monoisotopic (exact) mass is 882 g/mol. The van der Waals surface area contributed by atoms with Gasteiger partial charge in [0.1, 0.15) is 50.4 Å². The summed E-state index contributed by atoms with van der Waals surface area (Å²) in [5, 5.41) is 38.0. The maximum Gasteiger partial charge on any atom is 0.411 e. The number of alkyl carbamates (subject to hydrolysis) is 1. The number of nitrogens with zero attached hydrogens (tertiary/aromatic N) is 3. The summed E-state index contributed by atoms with van der Waals surface area (Å²) < 4.78 is 38.3. The fourth-order valence-electron chi connectivity index (χ4n) is 8.25. The van der Waals surface area contributed by atoms with E-state index >= 15 is 0 Å². The summed E-state index contributed by atoms with van der Waals surface area (Å²) in [6, 6.07) is -2.75. The van der Waals surface area contributed by atoms with Crippen molar-refractivity contribution in [3.8, 4) is 34.8 Å². The number of alkyl halides is 3. The van der Waals surface area contributed by atoms with Crippen LogP contribution in [0, 0.1) is 25.2 Å². The molecule has 2 aromatic carbocycles. The summed E-state index contributed by atoms with van der Waals surface area (Å²) in [5.41, 5.74) is 2.34. The minimum Gasteiger partial charge on any atom is -0.507 e. The highest BCUT2D eigenvalue weighted by molar-refractivity contribution is 7.80. The second kappa shape index (κ2) is 17.4. The van der Waals surface area contributed by atoms with E-state index < -0.39 is 77.5 Å². The Bertz CT molecular complexity index is 2040. The van der Waals surface area contributed by atoms with Crippen LogP contribution in [0.1, 0.15) is 51.6 Å². The van der Waals surface area contributed by atoms with Gasteiger partial charge in [0, 0.05) is 28.0 Å². The van der Waals surface area contributed by atoms with Crippen molar-refractivity contribution in [3.63, 3.8) is 0 Å². The Kier molecular flexibility index (Phi) is 13.0. The number of halogens is 3. The van der Waals surface area contributed by atoms with Crippen LogP contribution in [0.4, 0.5) is 9.59 Å². The SMILES string of the molecule is C=CCOC(=O)N1C2Cc3cc(C)c(OC)c(OCC=C)c3[C@H]1[C@@H]1[C@@H](O)c3c(O)c(C)c4c(c3[C@H](COC(=O)[C@@H](CS)NC(=O)OCC(Cl)(Cl)Cl)N1[C@H]2C#N)OCO4. The van der Waals surface area contributed by atoms with Gasteiger partial charge in [0.25, 0.3) is 0 Å². The lowest BCUT2D eigenvalue weighted by molar-refractivity contribution is -0.155. The number of piperazine rings is 1. The van der Waals surface area contributed by atoms with Crippen molar-refractivity contribution in [1.82, 2.24) is 15.1 Å². The topological polar surface area (TPSA) is 199 Å². The maximum atomic E-state index is 14.2. The van der Waals surface area contributed by atoms with Crippen LogP contribution >= 0.6 is 47.4 Å². The second-order valence-corrected chi connectivity index (χ2v) is 16.6. The number of amides is 2. The highest BCUT2D eigenvalue weighted by Crippen LogP contribution is 2.61. The molecule has 2 bridgehead atoms. The van der Waals surface area contributed by atoms with Gasteiger partial charge in [-0.1, -0.05) is 66.2 Å². The molecule has 20 heteroatoms. The first-order chi connectivity index (χ1) is 27.6. The van der Waals surface area contributed by atoms with Crippen molar-refractivity contribution in [2.45, 2.75) is 66.4 Å². The molecule has 0 saturated carbocycles. The van der Waals surface area contributed by atoms with E-state index in [2.05, 4.69) is 37.2 Å². The summed E-state index contributed by atoms with van der Waals surface area (Å²) in [5.74, 6) is -0.551. The first-order valence-electron chi connectivity index (χ1n) is 17.9. The van der Waals surface area contributed by atoms with Crippen LogP contribution in [0.5, 0.6) is 28.7 Å². The Labute approximate surface area is 354 Å². The highest BCUT2D eigenvalue weighted by Gasteiger charge is 2.62. The molecule has 2 aromatic rings. The Morgan fingerprint density at radius 3 is 2.45 bits per heavy atom. The molecule has 0 radical (unpaired) electrons. The zero-order valence-electron chi connectivity index (χ0n) is 31.5. The van der Waals surface area contributed by atoms with E-state index in [1.807, 2.05) is 13.0 Å². The number of phenols is 1. The number of methoxy groups -OCH3 is 1. The number of nitriles is 1. The number of hydrogen-bond donors (Lipinski definition) is 4. The first-order valence-corrected chi connectivity index (χ1v) is 19.7. The molecule has 4 heterocycles. The van der Waals surface area contributed by atoms with Gasteiger partial charge in [0.15, 0.2) is 23.0 Å². The van der Waals surface area contributed by atoms with Crippen LogP contribution in [0.2, 0.25) is 0 Å². The van der Waals surface area contributed by atoms with Crippen LogP contribution in [-0.4, -0.2) is 112 Å². The lowest BCUT2D eigenvalue weighted by Crippen LogP contribution is -2.71. The summed E-state index contributed by atoms with van der Waals surface area (Å²) in [4.78, 5) is 43.5. The van der Waals surface area contributed by atoms with Crippen LogP contribution < -0.4 is 24.3 Å². The molecule has 312 valence electrons. The molecule has 1 saturated heterocycles. The van der Waals surface area contributed by atoms with Gasteiger partial charge in [-0.3, -0.25) is 9.80 Å². The van der Waals surface area contributed by atoms with Gasteiger partial charge in [0.2, 0.25) is 10.6 Å². The summed E-state index contributed by atoms with van der Waals surface area (Å²) in [7, 11) is 1.48. The molecular formula is C38H41Cl3N4O12S. The van der Waals surface area contributed by atoms with E-state index in [4.69, 9.17) is 68.0 Å². The van der Waals surface area contributed by atoms with Crippen molar-refractivity contribution in [2.75, 3.05) is 46.1 Å². The number of hydrogen-bond acceptors (Lipinski definition) is 15. The minimum atomic E-state index is -1.91. The molecule has 6 rings (SSSR count). The van der Waals surface area contributed by atoms with Gasteiger partial charge in [0.05, 0.1) is 37.3 Å². The lowest BCUT2D eigenvalue weighted by Gasteiger charge is -2.61. The molecule has 2 amide bonds. The van der Waals surface area contributed by atoms with E-state index in [9.17, 15) is 29.9 Å². The number of carbonyl (C=O) groups is 3. The van der Waals surface area contributed by atoms with Crippen molar-refractivity contribution in [3.05, 3.63) is 64.8 Å². The average molecular weight is 884 g/mol. The zero-order chi connectivity index (χ0) is 42.2. The number of thiol groups is 1. The molecule has 4 aliphatic rings. The molecule has 4 aliphatic heterocycles. The molecule has 1 fully saturated rings. The number of rotatable bonds is 12. The van der Waals surface area contributed by atoms with Gasteiger partial charge in [-0.05, 0) is 31.4 Å². The zero-order valence-corrected chi connectivity index (χ0v) is 34.7.